The van der Waals surface area contributed by atoms with Crippen molar-refractivity contribution in [3.8, 4) is 12.3 Å². The van der Waals surface area contributed by atoms with E-state index < -0.39 is 5.92 Å². The highest BCUT2D eigenvalue weighted by molar-refractivity contribution is 7.14. The lowest BCUT2D eigenvalue weighted by Gasteiger charge is -2.41. The van der Waals surface area contributed by atoms with Crippen LogP contribution < -0.4 is 11.1 Å². The summed E-state index contributed by atoms with van der Waals surface area (Å²) < 4.78 is 0. The molecule has 4 amide bonds. The van der Waals surface area contributed by atoms with E-state index in [9.17, 15) is 14.4 Å². The number of terminal acetylenes is 1. The van der Waals surface area contributed by atoms with Gasteiger partial charge in [-0.05, 0) is 87.2 Å². The first-order valence-electron chi connectivity index (χ1n) is 16.3. The molecule has 0 spiro atoms. The topological polar surface area (TPSA) is 102 Å². The Bertz CT molecular complexity index is 1450. The lowest BCUT2D eigenvalue weighted by molar-refractivity contribution is -0.143. The molecule has 1 aromatic carbocycles. The van der Waals surface area contributed by atoms with Gasteiger partial charge in [-0.2, -0.15) is 0 Å². The van der Waals surface area contributed by atoms with Crippen LogP contribution in [0.25, 0.3) is 0 Å². The van der Waals surface area contributed by atoms with Gasteiger partial charge in [0.25, 0.3) is 0 Å². The van der Waals surface area contributed by atoms with E-state index in [-0.39, 0.29) is 30.3 Å². The Balaban J connectivity index is 1.11. The highest BCUT2D eigenvalue weighted by Crippen LogP contribution is 2.33. The molecular formula is C34H43ClN6O3S. The van der Waals surface area contributed by atoms with E-state index >= 15 is 0 Å². The number of carbonyl (C=O) groups excluding carboxylic acids is 3. The first kappa shape index (κ1) is 31.7. The maximum absolute atomic E-state index is 14.1. The molecule has 5 heterocycles. The Morgan fingerprint density at radius 3 is 2.42 bits per heavy atom. The second-order valence-electron chi connectivity index (χ2n) is 12.9. The Morgan fingerprint density at radius 1 is 1.02 bits per heavy atom. The minimum absolute atomic E-state index is 0.0158. The number of anilines is 2. The maximum Gasteiger partial charge on any atom is 0.323 e. The molecule has 4 aliphatic heterocycles. The zero-order chi connectivity index (χ0) is 31.5. The highest BCUT2D eigenvalue weighted by Gasteiger charge is 2.36. The molecule has 0 aliphatic carbocycles. The fourth-order valence-electron chi connectivity index (χ4n) is 7.49. The molecule has 0 unspecified atom stereocenters. The molecule has 4 aliphatic rings. The van der Waals surface area contributed by atoms with Crippen LogP contribution in [-0.4, -0.2) is 88.8 Å². The number of hydrogen-bond donors (Lipinski definition) is 2. The van der Waals surface area contributed by atoms with Crippen molar-refractivity contribution < 1.29 is 14.4 Å². The van der Waals surface area contributed by atoms with E-state index in [0.29, 0.717) is 74.3 Å². The second-order valence-corrected chi connectivity index (χ2v) is 14.2. The van der Waals surface area contributed by atoms with Gasteiger partial charge < -0.3 is 25.3 Å². The van der Waals surface area contributed by atoms with Crippen LogP contribution in [0.15, 0.2) is 23.6 Å². The van der Waals surface area contributed by atoms with Crippen LogP contribution in [-0.2, 0) is 22.6 Å². The molecule has 2 aromatic rings. The zero-order valence-electron chi connectivity index (χ0n) is 25.8. The van der Waals surface area contributed by atoms with Crippen LogP contribution in [0.3, 0.4) is 0 Å². The average Bonchev–Trinajstić information content (AvgIpc) is 3.53. The molecule has 1 aromatic heterocycles. The third-order valence-corrected chi connectivity index (χ3v) is 11.3. The number of piperidine rings is 3. The SMILES string of the molecule is C#Cc1cc(C[C@@H](CC(=O)N2CCC(N3Cc4ccsc4NC3=O)CC2)C(=O)N2CCC(N3CCCCC3)CC2)cc(Cl)c1N. The van der Waals surface area contributed by atoms with Gasteiger partial charge >= 0.3 is 6.03 Å². The number of benzene rings is 1. The summed E-state index contributed by atoms with van der Waals surface area (Å²) in [5.74, 6) is 2.05. The number of rotatable bonds is 7. The van der Waals surface area contributed by atoms with Crippen LogP contribution in [0.2, 0.25) is 5.02 Å². The van der Waals surface area contributed by atoms with Crippen molar-refractivity contribution in [3.05, 3.63) is 45.3 Å². The van der Waals surface area contributed by atoms with Crippen molar-refractivity contribution in [2.24, 2.45) is 5.92 Å². The van der Waals surface area contributed by atoms with Crippen molar-refractivity contribution in [2.45, 2.75) is 76.4 Å². The quantitative estimate of drug-likeness (QED) is 0.323. The van der Waals surface area contributed by atoms with Crippen molar-refractivity contribution in [3.63, 3.8) is 0 Å². The van der Waals surface area contributed by atoms with Crippen LogP contribution >= 0.6 is 22.9 Å². The molecule has 6 rings (SSSR count). The number of amides is 4. The monoisotopic (exact) mass is 650 g/mol. The van der Waals surface area contributed by atoms with Crippen molar-refractivity contribution in [1.82, 2.24) is 19.6 Å². The van der Waals surface area contributed by atoms with Crippen molar-refractivity contribution in [2.75, 3.05) is 50.3 Å². The summed E-state index contributed by atoms with van der Waals surface area (Å²) in [4.78, 5) is 48.9. The molecule has 0 bridgehead atoms. The summed E-state index contributed by atoms with van der Waals surface area (Å²) >= 11 is 7.95. The first-order chi connectivity index (χ1) is 21.8. The van der Waals surface area contributed by atoms with Gasteiger partial charge in [0, 0.05) is 55.8 Å². The highest BCUT2D eigenvalue weighted by atomic mass is 35.5. The van der Waals surface area contributed by atoms with E-state index in [2.05, 4.69) is 22.2 Å². The van der Waals surface area contributed by atoms with E-state index in [0.717, 1.165) is 42.1 Å². The number of nitrogen functional groups attached to an aromatic ring is 1. The van der Waals surface area contributed by atoms with Gasteiger partial charge in [0.15, 0.2) is 0 Å². The zero-order valence-corrected chi connectivity index (χ0v) is 27.4. The minimum Gasteiger partial charge on any atom is -0.397 e. The fourth-order valence-corrected chi connectivity index (χ4v) is 8.53. The molecule has 0 radical (unpaired) electrons. The third kappa shape index (κ3) is 7.11. The van der Waals surface area contributed by atoms with E-state index in [1.54, 1.807) is 17.4 Å². The number of carbonyl (C=O) groups is 3. The first-order valence-corrected chi connectivity index (χ1v) is 17.6. The number of hydrogen-bond acceptors (Lipinski definition) is 6. The van der Waals surface area contributed by atoms with Gasteiger partial charge in [0.1, 0.15) is 5.00 Å². The fraction of sp³-hybridized carbons (Fsp3) is 0.559. The van der Waals surface area contributed by atoms with E-state index in [4.69, 9.17) is 23.8 Å². The Morgan fingerprint density at radius 2 is 1.71 bits per heavy atom. The Labute approximate surface area is 275 Å². The maximum atomic E-state index is 14.1. The lowest BCUT2D eigenvalue weighted by atomic mass is 9.91. The van der Waals surface area contributed by atoms with Crippen LogP contribution in [0.1, 0.15) is 68.1 Å². The van der Waals surface area contributed by atoms with Crippen LogP contribution in [0.4, 0.5) is 15.5 Å². The average molecular weight is 651 g/mol. The standard InChI is InChI=1S/C34H43ClN6O3S/c1-2-24-18-23(20-29(35)31(24)36)19-26(33(43)40-15-6-27(7-16-40)38-11-4-3-5-12-38)21-30(42)39-13-8-28(9-14-39)41-22-25-10-17-45-32(25)37-34(41)44/h1,10,17-18,20,26-28H,3-9,11-16,19,21-22,36H2,(H,37,44)/t26-/m0/s1. The second kappa shape index (κ2) is 14.0. The molecule has 11 heteroatoms. The molecule has 1 atom stereocenters. The van der Waals surface area contributed by atoms with Gasteiger partial charge in [0.05, 0.1) is 23.2 Å². The summed E-state index contributed by atoms with van der Waals surface area (Å²) in [7, 11) is 0. The lowest BCUT2D eigenvalue weighted by Crippen LogP contribution is -2.52. The number of urea groups is 1. The van der Waals surface area contributed by atoms with Crippen LogP contribution in [0, 0.1) is 18.3 Å². The third-order valence-electron chi connectivity index (χ3n) is 10.1. The van der Waals surface area contributed by atoms with Crippen LogP contribution in [0.5, 0.6) is 0 Å². The summed E-state index contributed by atoms with van der Waals surface area (Å²) in [6.07, 6.45) is 13.3. The van der Waals surface area contributed by atoms with Gasteiger partial charge in [-0.1, -0.05) is 23.9 Å². The number of nitrogens with one attached hydrogen (secondary N) is 1. The molecule has 3 saturated heterocycles. The molecular weight excluding hydrogens is 608 g/mol. The van der Waals surface area contributed by atoms with Gasteiger partial charge in [-0.15, -0.1) is 17.8 Å². The number of halogens is 1. The number of nitrogens with two attached hydrogens (primary N) is 1. The summed E-state index contributed by atoms with van der Waals surface area (Å²) in [6.45, 7) is 5.42. The molecule has 3 fully saturated rings. The molecule has 9 nitrogen and oxygen atoms in total. The Kier molecular flexibility index (Phi) is 9.88. The molecule has 0 saturated carbocycles. The number of fused-ring (bicyclic) bond motifs is 1. The number of nitrogens with zero attached hydrogens (tertiary/aromatic N) is 4. The van der Waals surface area contributed by atoms with Gasteiger partial charge in [0.2, 0.25) is 11.8 Å². The van der Waals surface area contributed by atoms with Crippen molar-refractivity contribution in [1.29, 1.82) is 0 Å². The predicted molar refractivity (Wildman–Crippen MR) is 179 cm³/mol. The largest absolute Gasteiger partial charge is 0.397 e. The Hall–Kier alpha value is -3.26. The van der Waals surface area contributed by atoms with Gasteiger partial charge in [-0.3, -0.25) is 14.9 Å². The van der Waals surface area contributed by atoms with E-state index in [1.165, 1.54) is 19.3 Å². The summed E-state index contributed by atoms with van der Waals surface area (Å²) in [5.41, 5.74) is 8.86. The minimum atomic E-state index is -0.531. The van der Waals surface area contributed by atoms with Gasteiger partial charge in [-0.25, -0.2) is 4.79 Å². The normalized spacial score (nSPS) is 20.8. The summed E-state index contributed by atoms with van der Waals surface area (Å²) in [5, 5.41) is 6.28. The smallest absolute Gasteiger partial charge is 0.323 e. The van der Waals surface area contributed by atoms with E-state index in [1.807, 2.05) is 26.1 Å². The molecule has 3 N–H and O–H groups in total. The summed E-state index contributed by atoms with van der Waals surface area (Å²) in [6, 6.07) is 6.15. The predicted octanol–water partition coefficient (Wildman–Crippen LogP) is 5.03. The number of thiophene rings is 1. The molecule has 45 heavy (non-hydrogen) atoms. The number of likely N-dealkylation sites (tertiary alicyclic amines) is 3. The molecule has 240 valence electrons. The van der Waals surface area contributed by atoms with Crippen molar-refractivity contribution >= 4 is 51.5 Å².